The fourth-order valence-corrected chi connectivity index (χ4v) is 2.83. The molecule has 0 heterocycles. The van der Waals surface area contributed by atoms with Crippen molar-refractivity contribution in [2.75, 3.05) is 72.9 Å². The smallest absolute Gasteiger partial charge is 0.237 e. The van der Waals surface area contributed by atoms with Gasteiger partial charge in [-0.2, -0.15) is 0 Å². The summed E-state index contributed by atoms with van der Waals surface area (Å²) in [6.45, 7) is 11.8. The van der Waals surface area contributed by atoms with Crippen molar-refractivity contribution in [3.05, 3.63) is 0 Å². The fraction of sp³-hybridized carbons (Fsp3) is 0.895. The van der Waals surface area contributed by atoms with Crippen LogP contribution in [0, 0.1) is 0 Å². The minimum atomic E-state index is -0.536. The number of alkyl halides is 2. The summed E-state index contributed by atoms with van der Waals surface area (Å²) < 4.78 is 15.1. The number of carbonyl (C=O) groups is 2. The third-order valence-electron chi connectivity index (χ3n) is 4.14. The molecule has 2 N–H and O–H groups in total. The topological polar surface area (TPSA) is 94.3 Å². The first-order chi connectivity index (χ1) is 13.4. The van der Waals surface area contributed by atoms with E-state index in [1.54, 1.807) is 12.0 Å². The van der Waals surface area contributed by atoms with E-state index in [1.165, 1.54) is 0 Å². The Labute approximate surface area is 202 Å². The summed E-state index contributed by atoms with van der Waals surface area (Å²) in [6.07, 6.45) is 0. The largest absolute Gasteiger partial charge is 0.382 e. The average molecular weight is 641 g/mol. The molecule has 0 aliphatic rings. The number of rotatable bonds is 17. The first kappa shape index (κ1) is 29.4. The van der Waals surface area contributed by atoms with Gasteiger partial charge in [0.1, 0.15) is 0 Å². The molecule has 0 rings (SSSR count). The van der Waals surface area contributed by atoms with Crippen LogP contribution in [-0.2, 0) is 23.8 Å². The number of nitrogens with zero attached hydrogens (tertiary/aromatic N) is 2. The fourth-order valence-electron chi connectivity index (χ4n) is 2.24. The van der Waals surface area contributed by atoms with Crippen LogP contribution in [0.2, 0.25) is 0 Å². The van der Waals surface area contributed by atoms with Crippen molar-refractivity contribution < 1.29 is 23.8 Å². The molecule has 8 nitrogen and oxygen atoms in total. The van der Waals surface area contributed by atoms with E-state index in [1.807, 2.05) is 32.6 Å². The summed E-state index contributed by atoms with van der Waals surface area (Å²) in [6, 6.07) is 0. The predicted octanol–water partition coefficient (Wildman–Crippen LogP) is 1.71. The molecule has 0 saturated heterocycles. The Bertz CT molecular complexity index is 481. The molecule has 0 aromatic carbocycles. The van der Waals surface area contributed by atoms with E-state index >= 15 is 0 Å². The zero-order chi connectivity index (χ0) is 22.5. The van der Waals surface area contributed by atoms with Gasteiger partial charge >= 0.3 is 0 Å². The summed E-state index contributed by atoms with van der Waals surface area (Å²) in [4.78, 5) is 29.1. The minimum absolute atomic E-state index is 0.00783. The molecule has 10 heteroatoms. The van der Waals surface area contributed by atoms with Crippen molar-refractivity contribution in [2.24, 2.45) is 5.73 Å². The highest BCUT2D eigenvalue weighted by Crippen LogP contribution is 2.22. The maximum absolute atomic E-state index is 13.0. The number of ether oxygens (including phenoxy) is 3. The molecule has 0 spiro atoms. The van der Waals surface area contributed by atoms with Crippen molar-refractivity contribution in [1.82, 2.24) is 9.80 Å². The van der Waals surface area contributed by atoms with Gasteiger partial charge in [-0.1, -0.05) is 45.2 Å². The number of nitrogens with two attached hydrogens (primary N) is 1. The van der Waals surface area contributed by atoms with Crippen LogP contribution in [0.15, 0.2) is 0 Å². The number of amides is 1. The van der Waals surface area contributed by atoms with Gasteiger partial charge in [0, 0.05) is 26.7 Å². The van der Waals surface area contributed by atoms with E-state index in [4.69, 9.17) is 19.9 Å². The lowest BCUT2D eigenvalue weighted by molar-refractivity contribution is -0.138. The van der Waals surface area contributed by atoms with E-state index < -0.39 is 3.42 Å². The molecular weight excluding hydrogens is 604 g/mol. The Morgan fingerprint density at radius 1 is 0.897 bits per heavy atom. The minimum Gasteiger partial charge on any atom is -0.382 e. The van der Waals surface area contributed by atoms with Gasteiger partial charge in [0.2, 0.25) is 5.91 Å². The van der Waals surface area contributed by atoms with Crippen molar-refractivity contribution in [3.8, 4) is 0 Å². The van der Waals surface area contributed by atoms with E-state index in [-0.39, 0.29) is 28.3 Å². The van der Waals surface area contributed by atoms with Gasteiger partial charge in [-0.05, 0) is 27.7 Å². The van der Waals surface area contributed by atoms with E-state index in [9.17, 15) is 9.59 Å². The maximum atomic E-state index is 13.0. The Morgan fingerprint density at radius 3 is 1.93 bits per heavy atom. The molecule has 0 aromatic heterocycles. The van der Waals surface area contributed by atoms with Crippen LogP contribution in [0.4, 0.5) is 0 Å². The lowest BCUT2D eigenvalue weighted by Gasteiger charge is -2.35. The van der Waals surface area contributed by atoms with E-state index in [0.717, 1.165) is 0 Å². The Morgan fingerprint density at radius 2 is 1.45 bits per heavy atom. The number of Topliss-reactive ketones (excluding diaryl/α,β-unsaturated/α-hetero) is 1. The Balaban J connectivity index is 4.79. The number of hydrogen-bond acceptors (Lipinski definition) is 7. The molecule has 0 radical (unpaired) electrons. The second-order valence-electron chi connectivity index (χ2n) is 7.55. The third kappa shape index (κ3) is 14.2. The molecule has 0 unspecified atom stereocenters. The maximum Gasteiger partial charge on any atom is 0.237 e. The highest BCUT2D eigenvalue weighted by molar-refractivity contribution is 14.1. The van der Waals surface area contributed by atoms with Crippen molar-refractivity contribution in [1.29, 1.82) is 0 Å². The molecule has 1 amide bonds. The molecule has 172 valence electrons. The second-order valence-corrected chi connectivity index (χ2v) is 12.9. The van der Waals surface area contributed by atoms with Crippen molar-refractivity contribution in [2.45, 2.75) is 34.7 Å². The van der Waals surface area contributed by atoms with Crippen molar-refractivity contribution in [3.63, 3.8) is 0 Å². The van der Waals surface area contributed by atoms with Crippen LogP contribution in [0.1, 0.15) is 27.7 Å². The van der Waals surface area contributed by atoms with Crippen LogP contribution < -0.4 is 5.73 Å². The molecule has 0 aliphatic carbocycles. The first-order valence-corrected chi connectivity index (χ1v) is 11.9. The number of hydrogen-bond donors (Lipinski definition) is 1. The summed E-state index contributed by atoms with van der Waals surface area (Å²) in [5, 5.41) is 0. The SMILES string of the molecule is COCCOCCOCCN(CC(=O)C(C)(C)I)C(=O)CN(CCN)C(C)(C)I. The van der Waals surface area contributed by atoms with Gasteiger partial charge in [-0.15, -0.1) is 0 Å². The van der Waals surface area contributed by atoms with Crippen molar-refractivity contribution >= 4 is 56.9 Å². The molecule has 0 fully saturated rings. The van der Waals surface area contributed by atoms with Crippen LogP contribution in [0.5, 0.6) is 0 Å². The summed E-state index contributed by atoms with van der Waals surface area (Å²) in [5.41, 5.74) is 5.71. The lowest BCUT2D eigenvalue weighted by atomic mass is 10.1. The highest BCUT2D eigenvalue weighted by atomic mass is 127. The second kappa shape index (κ2) is 15.2. The predicted molar refractivity (Wildman–Crippen MR) is 132 cm³/mol. The van der Waals surface area contributed by atoms with Crippen LogP contribution in [-0.4, -0.2) is 101 Å². The number of ketones is 1. The quantitative estimate of drug-likeness (QED) is 0.112. The molecule has 0 aromatic rings. The lowest BCUT2D eigenvalue weighted by Crippen LogP contribution is -2.51. The van der Waals surface area contributed by atoms with Gasteiger partial charge in [0.25, 0.3) is 0 Å². The molecule has 29 heavy (non-hydrogen) atoms. The van der Waals surface area contributed by atoms with E-state index in [2.05, 4.69) is 45.2 Å². The number of carbonyl (C=O) groups excluding carboxylic acids is 2. The van der Waals surface area contributed by atoms with Gasteiger partial charge in [0.15, 0.2) is 5.78 Å². The zero-order valence-electron chi connectivity index (χ0n) is 18.3. The Hall–Kier alpha value is 0.400. The van der Waals surface area contributed by atoms with E-state index in [0.29, 0.717) is 52.7 Å². The Kier molecular flexibility index (Phi) is 15.5. The molecule has 0 saturated carbocycles. The zero-order valence-corrected chi connectivity index (χ0v) is 22.7. The standard InChI is InChI=1S/C19H37I2N3O5/c1-18(2,20)16(25)14-23(8-9-28-12-13-29-11-10-27-5)17(26)15-24(7-6-22)19(3,4)21/h6-15,22H2,1-5H3. The summed E-state index contributed by atoms with van der Waals surface area (Å²) in [7, 11) is 1.62. The first-order valence-electron chi connectivity index (χ1n) is 9.72. The number of halogens is 2. The molecule has 0 bridgehead atoms. The average Bonchev–Trinajstić information content (AvgIpc) is 2.60. The van der Waals surface area contributed by atoms with Crippen LogP contribution >= 0.6 is 45.2 Å². The summed E-state index contributed by atoms with van der Waals surface area (Å²) >= 11 is 4.40. The molecular formula is C19H37I2N3O5. The van der Waals surface area contributed by atoms with Crippen LogP contribution in [0.25, 0.3) is 0 Å². The highest BCUT2D eigenvalue weighted by Gasteiger charge is 2.30. The van der Waals surface area contributed by atoms with Gasteiger partial charge in [-0.3, -0.25) is 14.5 Å². The normalized spacial score (nSPS) is 12.4. The number of methoxy groups -OCH3 is 1. The van der Waals surface area contributed by atoms with Gasteiger partial charge < -0.3 is 24.8 Å². The third-order valence-corrected chi connectivity index (χ3v) is 5.42. The molecule has 0 atom stereocenters. The monoisotopic (exact) mass is 641 g/mol. The molecule has 0 aliphatic heterocycles. The summed E-state index contributed by atoms with van der Waals surface area (Å²) in [5.74, 6) is -0.0920. The van der Waals surface area contributed by atoms with Gasteiger partial charge in [0.05, 0.1) is 53.1 Å². The van der Waals surface area contributed by atoms with Crippen LogP contribution in [0.3, 0.4) is 0 Å². The van der Waals surface area contributed by atoms with Gasteiger partial charge in [-0.25, -0.2) is 0 Å².